The van der Waals surface area contributed by atoms with Gasteiger partial charge in [-0.3, -0.25) is 0 Å². The zero-order chi connectivity index (χ0) is 17.8. The fourth-order valence-electron chi connectivity index (χ4n) is 2.73. The van der Waals surface area contributed by atoms with Gasteiger partial charge in [-0.15, -0.1) is 10.2 Å². The Morgan fingerprint density at radius 2 is 1.84 bits per heavy atom. The SMILES string of the molecule is CCn1c(SCc2ccccc2C)nnc1-c1cccc(N(C)C)c1. The third-order valence-corrected chi connectivity index (χ3v) is 5.29. The zero-order valence-corrected chi connectivity index (χ0v) is 16.0. The van der Waals surface area contributed by atoms with Crippen LogP contribution in [0.15, 0.2) is 53.7 Å². The molecule has 4 nitrogen and oxygen atoms in total. The molecular weight excluding hydrogens is 328 g/mol. The summed E-state index contributed by atoms with van der Waals surface area (Å²) in [4.78, 5) is 2.10. The van der Waals surface area contributed by atoms with E-state index in [0.717, 1.165) is 34.5 Å². The smallest absolute Gasteiger partial charge is 0.191 e. The van der Waals surface area contributed by atoms with Gasteiger partial charge in [0.1, 0.15) is 0 Å². The number of aromatic nitrogens is 3. The molecule has 1 aromatic heterocycles. The highest BCUT2D eigenvalue weighted by Crippen LogP contribution is 2.28. The monoisotopic (exact) mass is 352 g/mol. The van der Waals surface area contributed by atoms with E-state index in [1.54, 1.807) is 11.8 Å². The van der Waals surface area contributed by atoms with E-state index in [-0.39, 0.29) is 0 Å². The third kappa shape index (κ3) is 3.87. The van der Waals surface area contributed by atoms with E-state index in [0.29, 0.717) is 0 Å². The molecule has 5 heteroatoms. The topological polar surface area (TPSA) is 34.0 Å². The van der Waals surface area contributed by atoms with E-state index in [1.807, 2.05) is 14.1 Å². The lowest BCUT2D eigenvalue weighted by molar-refractivity contribution is 0.687. The Labute approximate surface area is 153 Å². The van der Waals surface area contributed by atoms with Crippen LogP contribution in [0.2, 0.25) is 0 Å². The van der Waals surface area contributed by atoms with Gasteiger partial charge in [0.05, 0.1) is 0 Å². The average Bonchev–Trinajstić information content (AvgIpc) is 3.04. The number of thioether (sulfide) groups is 1. The van der Waals surface area contributed by atoms with Gasteiger partial charge in [0.2, 0.25) is 0 Å². The fourth-order valence-corrected chi connectivity index (χ4v) is 3.81. The number of nitrogens with zero attached hydrogens (tertiary/aromatic N) is 4. The van der Waals surface area contributed by atoms with Crippen LogP contribution in [0.25, 0.3) is 11.4 Å². The maximum Gasteiger partial charge on any atom is 0.191 e. The van der Waals surface area contributed by atoms with E-state index < -0.39 is 0 Å². The molecule has 0 atom stereocenters. The van der Waals surface area contributed by atoms with Gasteiger partial charge in [-0.1, -0.05) is 48.2 Å². The molecule has 0 spiro atoms. The van der Waals surface area contributed by atoms with Gasteiger partial charge in [-0.05, 0) is 37.1 Å². The van der Waals surface area contributed by atoms with Crippen LogP contribution in [0.5, 0.6) is 0 Å². The summed E-state index contributed by atoms with van der Waals surface area (Å²) < 4.78 is 2.19. The first kappa shape index (κ1) is 17.5. The van der Waals surface area contributed by atoms with Crippen LogP contribution < -0.4 is 4.90 Å². The Kier molecular flexibility index (Phi) is 5.43. The van der Waals surface area contributed by atoms with Gasteiger partial charge < -0.3 is 9.47 Å². The highest BCUT2D eigenvalue weighted by Gasteiger charge is 2.14. The van der Waals surface area contributed by atoms with Gasteiger partial charge >= 0.3 is 0 Å². The summed E-state index contributed by atoms with van der Waals surface area (Å²) >= 11 is 1.74. The van der Waals surface area contributed by atoms with Crippen molar-refractivity contribution in [1.29, 1.82) is 0 Å². The number of aryl methyl sites for hydroxylation is 1. The van der Waals surface area contributed by atoms with Crippen LogP contribution in [0.4, 0.5) is 5.69 Å². The van der Waals surface area contributed by atoms with E-state index in [9.17, 15) is 0 Å². The summed E-state index contributed by atoms with van der Waals surface area (Å²) in [7, 11) is 4.10. The van der Waals surface area contributed by atoms with Crippen LogP contribution >= 0.6 is 11.8 Å². The summed E-state index contributed by atoms with van der Waals surface area (Å²) in [6.07, 6.45) is 0. The summed E-state index contributed by atoms with van der Waals surface area (Å²) in [6, 6.07) is 16.9. The number of rotatable bonds is 6. The molecule has 0 unspecified atom stereocenters. The number of hydrogen-bond acceptors (Lipinski definition) is 4. The van der Waals surface area contributed by atoms with E-state index in [4.69, 9.17) is 0 Å². The van der Waals surface area contributed by atoms with Crippen LogP contribution in [0.3, 0.4) is 0 Å². The number of benzene rings is 2. The first-order valence-electron chi connectivity index (χ1n) is 8.48. The molecule has 1 heterocycles. The van der Waals surface area contributed by atoms with E-state index >= 15 is 0 Å². The average molecular weight is 353 g/mol. The van der Waals surface area contributed by atoms with Crippen LogP contribution in [-0.4, -0.2) is 28.9 Å². The Morgan fingerprint density at radius 1 is 1.04 bits per heavy atom. The highest BCUT2D eigenvalue weighted by atomic mass is 32.2. The van der Waals surface area contributed by atoms with Crippen LogP contribution in [-0.2, 0) is 12.3 Å². The number of anilines is 1. The van der Waals surface area contributed by atoms with E-state index in [2.05, 4.69) is 82.0 Å². The molecule has 0 aliphatic heterocycles. The first-order valence-corrected chi connectivity index (χ1v) is 9.47. The maximum atomic E-state index is 4.47. The minimum atomic E-state index is 0.852. The highest BCUT2D eigenvalue weighted by molar-refractivity contribution is 7.98. The van der Waals surface area contributed by atoms with Crippen molar-refractivity contribution in [2.24, 2.45) is 0 Å². The second-order valence-electron chi connectivity index (χ2n) is 6.21. The molecule has 3 aromatic rings. The standard InChI is InChI=1S/C20H24N4S/c1-5-24-19(16-11-8-12-18(13-16)23(3)4)21-22-20(24)25-14-17-10-7-6-9-15(17)2/h6-13H,5,14H2,1-4H3. The summed E-state index contributed by atoms with van der Waals surface area (Å²) in [6.45, 7) is 5.14. The first-order chi connectivity index (χ1) is 12.1. The normalized spacial score (nSPS) is 10.9. The lowest BCUT2D eigenvalue weighted by Gasteiger charge is -2.14. The number of hydrogen-bond donors (Lipinski definition) is 0. The van der Waals surface area contributed by atoms with Crippen LogP contribution in [0, 0.1) is 6.92 Å². The van der Waals surface area contributed by atoms with Gasteiger partial charge in [-0.25, -0.2) is 0 Å². The molecule has 0 aliphatic rings. The molecule has 130 valence electrons. The van der Waals surface area contributed by atoms with Crippen molar-refractivity contribution in [3.8, 4) is 11.4 Å². The van der Waals surface area contributed by atoms with Gasteiger partial charge in [-0.2, -0.15) is 0 Å². The molecule has 0 aliphatic carbocycles. The second kappa shape index (κ2) is 7.74. The molecule has 0 fully saturated rings. The van der Waals surface area contributed by atoms with Crippen molar-refractivity contribution in [2.45, 2.75) is 31.3 Å². The van der Waals surface area contributed by atoms with Gasteiger partial charge in [0.25, 0.3) is 0 Å². The van der Waals surface area contributed by atoms with Gasteiger partial charge in [0.15, 0.2) is 11.0 Å². The Bertz CT molecular complexity index is 854. The lowest BCUT2D eigenvalue weighted by Crippen LogP contribution is -2.08. The minimum absolute atomic E-state index is 0.852. The maximum absolute atomic E-state index is 4.47. The Hall–Kier alpha value is -2.27. The second-order valence-corrected chi connectivity index (χ2v) is 7.15. The summed E-state index contributed by atoms with van der Waals surface area (Å²) in [5.41, 5.74) is 4.92. The molecule has 3 rings (SSSR count). The van der Waals surface area contributed by atoms with Crippen molar-refractivity contribution >= 4 is 17.4 Å². The molecular formula is C20H24N4S. The molecule has 2 aromatic carbocycles. The summed E-state index contributed by atoms with van der Waals surface area (Å²) in [5, 5.41) is 9.88. The molecule has 0 saturated carbocycles. The van der Waals surface area contributed by atoms with Crippen molar-refractivity contribution in [3.63, 3.8) is 0 Å². The Balaban J connectivity index is 1.86. The van der Waals surface area contributed by atoms with Crippen LogP contribution in [0.1, 0.15) is 18.1 Å². The lowest BCUT2D eigenvalue weighted by atomic mass is 10.1. The molecule has 0 radical (unpaired) electrons. The van der Waals surface area contributed by atoms with E-state index in [1.165, 1.54) is 11.1 Å². The fraction of sp³-hybridized carbons (Fsp3) is 0.300. The van der Waals surface area contributed by atoms with Crippen molar-refractivity contribution in [1.82, 2.24) is 14.8 Å². The predicted molar refractivity (Wildman–Crippen MR) is 106 cm³/mol. The zero-order valence-electron chi connectivity index (χ0n) is 15.2. The largest absolute Gasteiger partial charge is 0.378 e. The summed E-state index contributed by atoms with van der Waals surface area (Å²) in [5.74, 6) is 1.83. The quantitative estimate of drug-likeness (QED) is 0.606. The van der Waals surface area contributed by atoms with Crippen molar-refractivity contribution in [3.05, 3.63) is 59.7 Å². The van der Waals surface area contributed by atoms with Crippen molar-refractivity contribution < 1.29 is 0 Å². The predicted octanol–water partition coefficient (Wildman–Crippen LogP) is 4.63. The molecule has 25 heavy (non-hydrogen) atoms. The Morgan fingerprint density at radius 3 is 2.56 bits per heavy atom. The third-order valence-electron chi connectivity index (χ3n) is 4.27. The van der Waals surface area contributed by atoms with Gasteiger partial charge in [0, 0.05) is 37.6 Å². The molecule has 0 amide bonds. The molecule has 0 N–H and O–H groups in total. The molecule has 0 bridgehead atoms. The van der Waals surface area contributed by atoms with Crippen molar-refractivity contribution in [2.75, 3.05) is 19.0 Å². The minimum Gasteiger partial charge on any atom is -0.378 e. The molecule has 0 saturated heterocycles.